The number of rotatable bonds is 3. The lowest BCUT2D eigenvalue weighted by Gasteiger charge is -2.09. The van der Waals surface area contributed by atoms with Crippen LogP contribution in [0.4, 0.5) is 0 Å². The molecular formula is C20H15N3O2. The molecule has 5 nitrogen and oxygen atoms in total. The summed E-state index contributed by atoms with van der Waals surface area (Å²) in [6.45, 7) is 0. The number of amides is 1. The Morgan fingerprint density at radius 3 is 2.60 bits per heavy atom. The van der Waals surface area contributed by atoms with E-state index in [1.165, 1.54) is 12.5 Å². The zero-order valence-electron chi connectivity index (χ0n) is 13.5. The SMILES string of the molecule is CNC(=O)c1ccc(C#CC(=O)c2cnc[nH]2)cc1-c1ccccc1. The Kier molecular flexibility index (Phi) is 4.72. The second kappa shape index (κ2) is 7.28. The number of imidazole rings is 1. The summed E-state index contributed by atoms with van der Waals surface area (Å²) in [7, 11) is 1.59. The maximum absolute atomic E-state index is 12.1. The lowest BCUT2D eigenvalue weighted by atomic mass is 9.96. The fraction of sp³-hybridized carbons (Fsp3) is 0.0500. The highest BCUT2D eigenvalue weighted by atomic mass is 16.1. The Labute approximate surface area is 145 Å². The van der Waals surface area contributed by atoms with Gasteiger partial charge in [0.25, 0.3) is 11.7 Å². The van der Waals surface area contributed by atoms with Crippen molar-refractivity contribution in [3.8, 4) is 23.0 Å². The molecule has 0 spiro atoms. The molecule has 122 valence electrons. The molecule has 0 radical (unpaired) electrons. The van der Waals surface area contributed by atoms with Crippen LogP contribution in [0.5, 0.6) is 0 Å². The highest BCUT2D eigenvalue weighted by Gasteiger charge is 2.12. The van der Waals surface area contributed by atoms with Gasteiger partial charge >= 0.3 is 0 Å². The number of carbonyl (C=O) groups excluding carboxylic acids is 2. The number of nitrogens with one attached hydrogen (secondary N) is 2. The standard InChI is InChI=1S/C20H15N3O2/c1-21-20(25)16-9-7-14(8-10-19(24)18-12-22-13-23-18)11-17(16)15-5-3-2-4-6-15/h2-7,9,11-13H,1H3,(H,21,25)(H,22,23). The third kappa shape index (κ3) is 3.65. The van der Waals surface area contributed by atoms with Gasteiger partial charge < -0.3 is 10.3 Å². The first-order valence-electron chi connectivity index (χ1n) is 7.65. The predicted octanol–water partition coefficient (Wildman–Crippen LogP) is 2.67. The Balaban J connectivity index is 2.00. The van der Waals surface area contributed by atoms with Crippen LogP contribution in [-0.2, 0) is 0 Å². The monoisotopic (exact) mass is 329 g/mol. The topological polar surface area (TPSA) is 74.8 Å². The average Bonchev–Trinajstić information content (AvgIpc) is 3.21. The van der Waals surface area contributed by atoms with Gasteiger partial charge in [-0.25, -0.2) is 4.98 Å². The van der Waals surface area contributed by atoms with Crippen LogP contribution >= 0.6 is 0 Å². The molecule has 0 unspecified atom stereocenters. The van der Waals surface area contributed by atoms with E-state index in [1.54, 1.807) is 19.2 Å². The molecule has 2 aromatic carbocycles. The van der Waals surface area contributed by atoms with Crippen molar-refractivity contribution in [3.05, 3.63) is 77.9 Å². The molecule has 0 aliphatic carbocycles. The summed E-state index contributed by atoms with van der Waals surface area (Å²) in [6.07, 6.45) is 2.86. The molecular weight excluding hydrogens is 314 g/mol. The molecule has 3 rings (SSSR count). The number of hydrogen-bond acceptors (Lipinski definition) is 3. The van der Waals surface area contributed by atoms with E-state index >= 15 is 0 Å². The molecule has 3 aromatic rings. The fourth-order valence-corrected chi connectivity index (χ4v) is 2.39. The summed E-state index contributed by atoms with van der Waals surface area (Å²) in [4.78, 5) is 30.6. The molecule has 25 heavy (non-hydrogen) atoms. The van der Waals surface area contributed by atoms with Crippen LogP contribution in [0.1, 0.15) is 26.4 Å². The van der Waals surface area contributed by atoms with Crippen LogP contribution in [-0.4, -0.2) is 28.7 Å². The maximum atomic E-state index is 12.1. The predicted molar refractivity (Wildman–Crippen MR) is 95.1 cm³/mol. The normalized spacial score (nSPS) is 9.80. The molecule has 0 fully saturated rings. The van der Waals surface area contributed by atoms with Crippen LogP contribution in [0.25, 0.3) is 11.1 Å². The zero-order chi connectivity index (χ0) is 17.6. The summed E-state index contributed by atoms with van der Waals surface area (Å²) in [5.41, 5.74) is 3.22. The summed E-state index contributed by atoms with van der Waals surface area (Å²) >= 11 is 0. The molecule has 1 amide bonds. The van der Waals surface area contributed by atoms with Crippen LogP contribution in [0.15, 0.2) is 61.1 Å². The van der Waals surface area contributed by atoms with Crippen molar-refractivity contribution in [2.75, 3.05) is 7.05 Å². The molecule has 0 aliphatic rings. The van der Waals surface area contributed by atoms with Crippen molar-refractivity contribution in [3.63, 3.8) is 0 Å². The van der Waals surface area contributed by atoms with Crippen LogP contribution in [0.3, 0.4) is 0 Å². The van der Waals surface area contributed by atoms with E-state index in [4.69, 9.17) is 0 Å². The van der Waals surface area contributed by atoms with Crippen molar-refractivity contribution in [2.45, 2.75) is 0 Å². The smallest absolute Gasteiger partial charge is 0.254 e. The van der Waals surface area contributed by atoms with Gasteiger partial charge in [-0.1, -0.05) is 36.3 Å². The van der Waals surface area contributed by atoms with E-state index in [1.807, 2.05) is 36.4 Å². The van der Waals surface area contributed by atoms with Gasteiger partial charge in [0, 0.05) is 18.2 Å². The highest BCUT2D eigenvalue weighted by Crippen LogP contribution is 2.25. The van der Waals surface area contributed by atoms with Gasteiger partial charge in [-0.15, -0.1) is 0 Å². The second-order valence-corrected chi connectivity index (χ2v) is 5.25. The van der Waals surface area contributed by atoms with Crippen molar-refractivity contribution in [1.29, 1.82) is 0 Å². The van der Waals surface area contributed by atoms with Gasteiger partial charge in [-0.05, 0) is 35.2 Å². The molecule has 0 atom stereocenters. The van der Waals surface area contributed by atoms with Gasteiger partial charge in [-0.2, -0.15) is 0 Å². The second-order valence-electron chi connectivity index (χ2n) is 5.25. The van der Waals surface area contributed by atoms with E-state index < -0.39 is 0 Å². The first-order chi connectivity index (χ1) is 12.2. The lowest BCUT2D eigenvalue weighted by Crippen LogP contribution is -2.18. The number of benzene rings is 2. The largest absolute Gasteiger partial charge is 0.355 e. The third-order valence-corrected chi connectivity index (χ3v) is 3.64. The number of ketones is 1. The van der Waals surface area contributed by atoms with Gasteiger partial charge in [0.05, 0.1) is 12.5 Å². The van der Waals surface area contributed by atoms with Crippen LogP contribution < -0.4 is 5.32 Å². The van der Waals surface area contributed by atoms with Crippen LogP contribution in [0, 0.1) is 11.8 Å². The van der Waals surface area contributed by atoms with Crippen molar-refractivity contribution in [1.82, 2.24) is 15.3 Å². The molecule has 1 heterocycles. The Hall–Kier alpha value is -3.65. The number of H-pyrrole nitrogens is 1. The van der Waals surface area contributed by atoms with Crippen molar-refractivity contribution >= 4 is 11.7 Å². The summed E-state index contributed by atoms with van der Waals surface area (Å²) in [5, 5.41) is 2.64. The van der Waals surface area contributed by atoms with Crippen LogP contribution in [0.2, 0.25) is 0 Å². The Morgan fingerprint density at radius 2 is 1.92 bits per heavy atom. The average molecular weight is 329 g/mol. The number of aromatic nitrogens is 2. The minimum absolute atomic E-state index is 0.174. The number of aromatic amines is 1. The van der Waals surface area contributed by atoms with Gasteiger partial charge in [0.1, 0.15) is 5.69 Å². The minimum Gasteiger partial charge on any atom is -0.355 e. The number of hydrogen-bond donors (Lipinski definition) is 2. The molecule has 0 bridgehead atoms. The molecule has 5 heteroatoms. The molecule has 1 aromatic heterocycles. The third-order valence-electron chi connectivity index (χ3n) is 3.64. The first-order valence-corrected chi connectivity index (χ1v) is 7.65. The molecule has 2 N–H and O–H groups in total. The highest BCUT2D eigenvalue weighted by molar-refractivity contribution is 6.08. The molecule has 0 saturated carbocycles. The van der Waals surface area contributed by atoms with E-state index in [0.717, 1.165) is 11.1 Å². The summed E-state index contributed by atoms with van der Waals surface area (Å²) < 4.78 is 0. The number of Topliss-reactive ketones (excluding diaryl/α,β-unsaturated/α-hetero) is 1. The van der Waals surface area contributed by atoms with E-state index in [0.29, 0.717) is 16.8 Å². The molecule has 0 aliphatic heterocycles. The van der Waals surface area contributed by atoms with E-state index in [9.17, 15) is 9.59 Å². The molecule has 0 saturated heterocycles. The number of nitrogens with zero attached hydrogens (tertiary/aromatic N) is 1. The Bertz CT molecular complexity index is 965. The first kappa shape index (κ1) is 16.2. The summed E-state index contributed by atoms with van der Waals surface area (Å²) in [6, 6.07) is 14.8. The Morgan fingerprint density at radius 1 is 1.12 bits per heavy atom. The zero-order valence-corrected chi connectivity index (χ0v) is 13.5. The fourth-order valence-electron chi connectivity index (χ4n) is 2.39. The van der Waals surface area contributed by atoms with E-state index in [2.05, 4.69) is 27.1 Å². The van der Waals surface area contributed by atoms with Gasteiger partial charge in [0.2, 0.25) is 0 Å². The summed E-state index contributed by atoms with van der Waals surface area (Å²) in [5.74, 6) is 4.92. The van der Waals surface area contributed by atoms with Gasteiger partial charge in [-0.3, -0.25) is 9.59 Å². The maximum Gasteiger partial charge on any atom is 0.254 e. The van der Waals surface area contributed by atoms with E-state index in [-0.39, 0.29) is 11.7 Å². The quantitative estimate of drug-likeness (QED) is 0.573. The van der Waals surface area contributed by atoms with Crippen molar-refractivity contribution in [2.24, 2.45) is 0 Å². The lowest BCUT2D eigenvalue weighted by molar-refractivity contribution is 0.0963. The van der Waals surface area contributed by atoms with Gasteiger partial charge in [0.15, 0.2) is 0 Å². The number of carbonyl (C=O) groups is 2. The van der Waals surface area contributed by atoms with Crippen molar-refractivity contribution < 1.29 is 9.59 Å². The minimum atomic E-state index is -0.339.